The van der Waals surface area contributed by atoms with Gasteiger partial charge in [0.05, 0.1) is 11.4 Å². The summed E-state index contributed by atoms with van der Waals surface area (Å²) in [5.41, 5.74) is 8.20. The third-order valence-electron chi connectivity index (χ3n) is 2.79. The van der Waals surface area contributed by atoms with E-state index in [1.165, 1.54) is 0 Å². The molecule has 0 aliphatic carbocycles. The average Bonchev–Trinajstić information content (AvgIpc) is 2.88. The highest BCUT2D eigenvalue weighted by molar-refractivity contribution is 7.90. The van der Waals surface area contributed by atoms with Crippen molar-refractivity contribution in [2.75, 3.05) is 5.75 Å². The highest BCUT2D eigenvalue weighted by Crippen LogP contribution is 2.24. The van der Waals surface area contributed by atoms with Crippen molar-refractivity contribution in [3.8, 4) is 10.6 Å². The molecule has 2 rings (SSSR count). The van der Waals surface area contributed by atoms with Crippen LogP contribution in [0.25, 0.3) is 10.6 Å². The first kappa shape index (κ1) is 14.2. The molecule has 0 radical (unpaired) electrons. The van der Waals surface area contributed by atoms with Crippen molar-refractivity contribution >= 4 is 21.2 Å². The van der Waals surface area contributed by atoms with Crippen LogP contribution in [0, 0.1) is 0 Å². The Bertz CT molecular complexity index is 646. The van der Waals surface area contributed by atoms with Crippen LogP contribution < -0.4 is 5.73 Å². The van der Waals surface area contributed by atoms with Gasteiger partial charge in [0.15, 0.2) is 9.84 Å². The maximum atomic E-state index is 11.5. The monoisotopic (exact) mass is 296 g/mol. The number of nitrogens with two attached hydrogens (primary N) is 1. The smallest absolute Gasteiger partial charge is 0.154 e. The van der Waals surface area contributed by atoms with E-state index in [1.807, 2.05) is 29.6 Å². The van der Waals surface area contributed by atoms with Gasteiger partial charge in [-0.05, 0) is 5.56 Å². The minimum atomic E-state index is -2.98. The Morgan fingerprint density at radius 2 is 1.95 bits per heavy atom. The summed E-state index contributed by atoms with van der Waals surface area (Å²) >= 11 is 1.54. The highest BCUT2D eigenvalue weighted by atomic mass is 32.2. The molecular weight excluding hydrogens is 280 g/mol. The molecule has 0 saturated carbocycles. The molecular formula is C13H16N2O2S2. The summed E-state index contributed by atoms with van der Waals surface area (Å²) in [4.78, 5) is 4.39. The first-order chi connectivity index (χ1) is 9.04. The summed E-state index contributed by atoms with van der Waals surface area (Å²) in [5, 5.41) is 2.84. The maximum absolute atomic E-state index is 11.5. The van der Waals surface area contributed by atoms with E-state index in [1.54, 1.807) is 18.3 Å². The van der Waals surface area contributed by atoms with Gasteiger partial charge in [0, 0.05) is 23.2 Å². The van der Waals surface area contributed by atoms with E-state index in [0.717, 1.165) is 21.8 Å². The third-order valence-corrected chi connectivity index (χ3v) is 5.38. The molecule has 1 aromatic carbocycles. The van der Waals surface area contributed by atoms with Crippen LogP contribution in [0.1, 0.15) is 18.2 Å². The lowest BCUT2D eigenvalue weighted by atomic mass is 10.2. The molecule has 0 spiro atoms. The molecule has 0 amide bonds. The van der Waals surface area contributed by atoms with Gasteiger partial charge in [0.25, 0.3) is 0 Å². The van der Waals surface area contributed by atoms with E-state index in [2.05, 4.69) is 4.98 Å². The van der Waals surface area contributed by atoms with Crippen molar-refractivity contribution in [3.05, 3.63) is 40.9 Å². The fourth-order valence-corrected chi connectivity index (χ4v) is 3.38. The van der Waals surface area contributed by atoms with Gasteiger partial charge in [-0.15, -0.1) is 11.3 Å². The van der Waals surface area contributed by atoms with Gasteiger partial charge in [0.2, 0.25) is 0 Å². The lowest BCUT2D eigenvalue weighted by molar-refractivity contribution is 0.596. The molecule has 2 aromatic rings. The molecule has 0 aliphatic heterocycles. The number of hydrogen-bond donors (Lipinski definition) is 1. The van der Waals surface area contributed by atoms with Gasteiger partial charge in [-0.25, -0.2) is 13.4 Å². The second-order valence-electron chi connectivity index (χ2n) is 4.22. The fourth-order valence-electron chi connectivity index (χ4n) is 1.63. The van der Waals surface area contributed by atoms with Crippen molar-refractivity contribution < 1.29 is 8.42 Å². The van der Waals surface area contributed by atoms with Gasteiger partial charge in [-0.1, -0.05) is 31.2 Å². The van der Waals surface area contributed by atoms with Crippen molar-refractivity contribution in [2.45, 2.75) is 19.2 Å². The number of rotatable bonds is 5. The number of hydrogen-bond acceptors (Lipinski definition) is 5. The normalized spacial score (nSPS) is 11.7. The van der Waals surface area contributed by atoms with Crippen LogP contribution in [0.4, 0.5) is 0 Å². The summed E-state index contributed by atoms with van der Waals surface area (Å²) < 4.78 is 23.1. The number of benzene rings is 1. The quantitative estimate of drug-likeness (QED) is 0.918. The number of nitrogens with zero attached hydrogens (tertiary/aromatic N) is 1. The maximum Gasteiger partial charge on any atom is 0.154 e. The van der Waals surface area contributed by atoms with Gasteiger partial charge < -0.3 is 5.73 Å². The fraction of sp³-hybridized carbons (Fsp3) is 0.308. The zero-order valence-corrected chi connectivity index (χ0v) is 12.3. The zero-order chi connectivity index (χ0) is 13.9. The second kappa shape index (κ2) is 5.81. The Hall–Kier alpha value is -1.24. The summed E-state index contributed by atoms with van der Waals surface area (Å²) in [6.07, 6.45) is 0. The van der Waals surface area contributed by atoms with Crippen molar-refractivity contribution in [1.29, 1.82) is 0 Å². The summed E-state index contributed by atoms with van der Waals surface area (Å²) in [6.45, 7) is 2.09. The molecule has 2 N–H and O–H groups in total. The summed E-state index contributed by atoms with van der Waals surface area (Å²) in [5.74, 6) is 0.261. The molecule has 1 heterocycles. The average molecular weight is 296 g/mol. The first-order valence-electron chi connectivity index (χ1n) is 5.98. The molecule has 4 nitrogen and oxygen atoms in total. The highest BCUT2D eigenvalue weighted by Gasteiger charge is 2.09. The molecule has 0 bridgehead atoms. The van der Waals surface area contributed by atoms with Crippen LogP contribution in [0.2, 0.25) is 0 Å². The molecule has 19 heavy (non-hydrogen) atoms. The largest absolute Gasteiger partial charge is 0.325 e. The minimum Gasteiger partial charge on any atom is -0.325 e. The molecule has 0 aliphatic rings. The molecule has 0 saturated heterocycles. The van der Waals surface area contributed by atoms with Gasteiger partial charge in [-0.3, -0.25) is 0 Å². The number of aromatic nitrogens is 1. The Morgan fingerprint density at radius 1 is 1.26 bits per heavy atom. The van der Waals surface area contributed by atoms with Crippen LogP contribution in [0.15, 0.2) is 29.6 Å². The minimum absolute atomic E-state index is 0.0930. The molecule has 0 fully saturated rings. The summed E-state index contributed by atoms with van der Waals surface area (Å²) in [7, 11) is -2.98. The second-order valence-corrected chi connectivity index (χ2v) is 7.43. The van der Waals surface area contributed by atoms with E-state index in [-0.39, 0.29) is 11.5 Å². The molecule has 6 heteroatoms. The SMILES string of the molecule is CCS(=O)(=O)Cc1ccc(-c2nc(CN)cs2)cc1. The van der Waals surface area contributed by atoms with E-state index in [4.69, 9.17) is 5.73 Å². The molecule has 0 atom stereocenters. The van der Waals surface area contributed by atoms with Crippen molar-refractivity contribution in [1.82, 2.24) is 4.98 Å². The Kier molecular flexibility index (Phi) is 4.34. The van der Waals surface area contributed by atoms with E-state index < -0.39 is 9.84 Å². The van der Waals surface area contributed by atoms with Crippen LogP contribution in [-0.4, -0.2) is 19.2 Å². The predicted molar refractivity (Wildman–Crippen MR) is 78.6 cm³/mol. The Morgan fingerprint density at radius 3 is 2.47 bits per heavy atom. The lowest BCUT2D eigenvalue weighted by Crippen LogP contribution is -2.06. The molecule has 0 unspecified atom stereocenters. The van der Waals surface area contributed by atoms with Crippen LogP contribution in [-0.2, 0) is 22.1 Å². The van der Waals surface area contributed by atoms with Crippen LogP contribution in [0.5, 0.6) is 0 Å². The van der Waals surface area contributed by atoms with Crippen molar-refractivity contribution in [3.63, 3.8) is 0 Å². The first-order valence-corrected chi connectivity index (χ1v) is 8.68. The van der Waals surface area contributed by atoms with E-state index in [9.17, 15) is 8.42 Å². The van der Waals surface area contributed by atoms with Crippen molar-refractivity contribution in [2.24, 2.45) is 5.73 Å². The Balaban J connectivity index is 2.19. The van der Waals surface area contributed by atoms with Gasteiger partial charge in [0.1, 0.15) is 5.01 Å². The Labute approximate surface area is 117 Å². The van der Waals surface area contributed by atoms with Crippen LogP contribution in [0.3, 0.4) is 0 Å². The molecule has 1 aromatic heterocycles. The third kappa shape index (κ3) is 3.62. The van der Waals surface area contributed by atoms with Gasteiger partial charge >= 0.3 is 0 Å². The van der Waals surface area contributed by atoms with Crippen LogP contribution >= 0.6 is 11.3 Å². The van der Waals surface area contributed by atoms with E-state index in [0.29, 0.717) is 6.54 Å². The van der Waals surface area contributed by atoms with E-state index >= 15 is 0 Å². The predicted octanol–water partition coefficient (Wildman–Crippen LogP) is 2.20. The number of thiazole rings is 1. The molecule has 102 valence electrons. The topological polar surface area (TPSA) is 73.0 Å². The standard InChI is InChI=1S/C13H16N2O2S2/c1-2-19(16,17)9-10-3-5-11(6-4-10)13-15-12(7-14)8-18-13/h3-6,8H,2,7,9,14H2,1H3. The lowest BCUT2D eigenvalue weighted by Gasteiger charge is -2.02. The zero-order valence-electron chi connectivity index (χ0n) is 10.7. The summed E-state index contributed by atoms with van der Waals surface area (Å²) in [6, 6.07) is 7.48. The van der Waals surface area contributed by atoms with Gasteiger partial charge in [-0.2, -0.15) is 0 Å². The number of sulfone groups is 1.